The lowest BCUT2D eigenvalue weighted by atomic mass is 10.0. The summed E-state index contributed by atoms with van der Waals surface area (Å²) in [6.07, 6.45) is 3.52. The van der Waals surface area contributed by atoms with E-state index in [1.165, 1.54) is 0 Å². The Morgan fingerprint density at radius 3 is 2.56 bits per heavy atom. The fraction of sp³-hybridized carbons (Fsp3) is 0.100. The van der Waals surface area contributed by atoms with Crippen LogP contribution in [0.1, 0.15) is 21.5 Å². The minimum absolute atomic E-state index is 0.0323. The molecular formula is C20H17N3O2. The van der Waals surface area contributed by atoms with E-state index in [0.717, 1.165) is 32.9 Å². The van der Waals surface area contributed by atoms with Gasteiger partial charge in [-0.25, -0.2) is 0 Å². The van der Waals surface area contributed by atoms with Gasteiger partial charge in [-0.1, -0.05) is 18.2 Å². The number of amides is 1. The molecule has 0 bridgehead atoms. The van der Waals surface area contributed by atoms with E-state index in [2.05, 4.69) is 9.55 Å². The van der Waals surface area contributed by atoms with Gasteiger partial charge in [0, 0.05) is 40.8 Å². The Labute approximate surface area is 144 Å². The number of hydrogen-bond acceptors (Lipinski definition) is 3. The number of carbonyl (C=O) groups is 1. The second kappa shape index (κ2) is 6.03. The van der Waals surface area contributed by atoms with E-state index in [1.54, 1.807) is 18.5 Å². The highest BCUT2D eigenvalue weighted by molar-refractivity contribution is 6.17. The molecule has 0 fully saturated rings. The first-order chi connectivity index (χ1) is 12.2. The summed E-state index contributed by atoms with van der Waals surface area (Å²) >= 11 is 0. The summed E-state index contributed by atoms with van der Waals surface area (Å²) in [7, 11) is 0. The van der Waals surface area contributed by atoms with Gasteiger partial charge in [-0.05, 0) is 41.5 Å². The number of rotatable bonds is 4. The summed E-state index contributed by atoms with van der Waals surface area (Å²) < 4.78 is 2.14. The van der Waals surface area contributed by atoms with Crippen molar-refractivity contribution in [3.8, 4) is 0 Å². The van der Waals surface area contributed by atoms with E-state index in [9.17, 15) is 9.90 Å². The number of aromatic nitrogens is 2. The van der Waals surface area contributed by atoms with Crippen molar-refractivity contribution in [2.45, 2.75) is 13.2 Å². The Kier molecular flexibility index (Phi) is 3.71. The zero-order chi connectivity index (χ0) is 17.4. The second-order valence-electron chi connectivity index (χ2n) is 6.02. The Morgan fingerprint density at radius 1 is 1.04 bits per heavy atom. The molecule has 124 valence electrons. The molecule has 1 amide bonds. The molecule has 2 aromatic heterocycles. The molecule has 5 heteroatoms. The van der Waals surface area contributed by atoms with Crippen LogP contribution in [0.4, 0.5) is 0 Å². The van der Waals surface area contributed by atoms with Crippen molar-refractivity contribution < 1.29 is 9.90 Å². The van der Waals surface area contributed by atoms with Gasteiger partial charge in [0.25, 0.3) is 0 Å². The van der Waals surface area contributed by atoms with Gasteiger partial charge >= 0.3 is 0 Å². The molecule has 0 saturated heterocycles. The lowest BCUT2D eigenvalue weighted by Crippen LogP contribution is -2.11. The normalized spacial score (nSPS) is 11.2. The van der Waals surface area contributed by atoms with Crippen molar-refractivity contribution in [3.05, 3.63) is 77.6 Å². The zero-order valence-electron chi connectivity index (χ0n) is 13.5. The monoisotopic (exact) mass is 331 g/mol. The summed E-state index contributed by atoms with van der Waals surface area (Å²) in [5, 5.41) is 11.3. The van der Waals surface area contributed by atoms with Crippen LogP contribution >= 0.6 is 0 Å². The number of primary amides is 1. The van der Waals surface area contributed by atoms with Crippen LogP contribution in [-0.4, -0.2) is 20.6 Å². The Balaban J connectivity index is 2.07. The fourth-order valence-electron chi connectivity index (χ4n) is 3.33. The number of carbonyl (C=O) groups excluding carboxylic acids is 1. The Morgan fingerprint density at radius 2 is 1.84 bits per heavy atom. The third-order valence-corrected chi connectivity index (χ3v) is 4.49. The van der Waals surface area contributed by atoms with Gasteiger partial charge in [-0.3, -0.25) is 9.78 Å². The third kappa shape index (κ3) is 2.55. The highest BCUT2D eigenvalue weighted by Crippen LogP contribution is 2.33. The van der Waals surface area contributed by atoms with Crippen LogP contribution < -0.4 is 5.73 Å². The summed E-state index contributed by atoms with van der Waals surface area (Å²) in [6.45, 7) is 0.606. The lowest BCUT2D eigenvalue weighted by Gasteiger charge is -2.08. The van der Waals surface area contributed by atoms with Crippen molar-refractivity contribution in [1.29, 1.82) is 0 Å². The van der Waals surface area contributed by atoms with Crippen LogP contribution in [0, 0.1) is 0 Å². The first kappa shape index (κ1) is 15.4. The molecule has 0 aliphatic heterocycles. The second-order valence-corrected chi connectivity index (χ2v) is 6.02. The molecule has 0 spiro atoms. The molecule has 0 radical (unpaired) electrons. The summed E-state index contributed by atoms with van der Waals surface area (Å²) in [5.74, 6) is -0.445. The largest absolute Gasteiger partial charge is 0.392 e. The van der Waals surface area contributed by atoms with Crippen molar-refractivity contribution >= 4 is 27.7 Å². The molecule has 0 atom stereocenters. The van der Waals surface area contributed by atoms with Crippen molar-refractivity contribution in [2.75, 3.05) is 0 Å². The standard InChI is InChI=1S/C20H17N3O2/c21-20(25)16-2-1-3-17-19(16)15-5-4-14(12-24)10-18(15)23(17)11-13-6-8-22-9-7-13/h1-10,24H,11-12H2,(H2,21,25). The maximum absolute atomic E-state index is 11.9. The molecular weight excluding hydrogens is 314 g/mol. The molecule has 0 aliphatic rings. The molecule has 4 aromatic rings. The molecule has 0 aliphatic carbocycles. The summed E-state index contributed by atoms with van der Waals surface area (Å²) in [5.41, 5.74) is 9.94. The highest BCUT2D eigenvalue weighted by atomic mass is 16.3. The van der Waals surface area contributed by atoms with Crippen molar-refractivity contribution in [2.24, 2.45) is 5.73 Å². The molecule has 25 heavy (non-hydrogen) atoms. The number of nitrogens with two attached hydrogens (primary N) is 1. The molecule has 3 N–H and O–H groups in total. The highest BCUT2D eigenvalue weighted by Gasteiger charge is 2.16. The van der Waals surface area contributed by atoms with Crippen LogP contribution in [0.3, 0.4) is 0 Å². The molecule has 0 saturated carbocycles. The molecule has 0 unspecified atom stereocenters. The first-order valence-corrected chi connectivity index (χ1v) is 8.02. The van der Waals surface area contributed by atoms with Crippen LogP contribution in [0.15, 0.2) is 60.9 Å². The van der Waals surface area contributed by atoms with Gasteiger partial charge in [0.1, 0.15) is 0 Å². The minimum Gasteiger partial charge on any atom is -0.392 e. The van der Waals surface area contributed by atoms with E-state index in [1.807, 2.05) is 42.5 Å². The fourth-order valence-corrected chi connectivity index (χ4v) is 3.33. The number of aliphatic hydroxyl groups is 1. The number of nitrogens with zero attached hydrogens (tertiary/aromatic N) is 2. The van der Waals surface area contributed by atoms with Crippen LogP contribution in [0.5, 0.6) is 0 Å². The average molecular weight is 331 g/mol. The number of hydrogen-bond donors (Lipinski definition) is 2. The predicted molar refractivity (Wildman–Crippen MR) is 97.2 cm³/mol. The molecule has 2 aromatic carbocycles. The summed E-state index contributed by atoms with van der Waals surface area (Å²) in [4.78, 5) is 16.0. The smallest absolute Gasteiger partial charge is 0.249 e. The van der Waals surface area contributed by atoms with Gasteiger partial charge in [-0.15, -0.1) is 0 Å². The van der Waals surface area contributed by atoms with Gasteiger partial charge in [-0.2, -0.15) is 0 Å². The number of aliphatic hydroxyl groups excluding tert-OH is 1. The molecule has 5 nitrogen and oxygen atoms in total. The predicted octanol–water partition coefficient (Wildman–Crippen LogP) is 2.83. The number of fused-ring (bicyclic) bond motifs is 3. The number of benzene rings is 2. The van der Waals surface area contributed by atoms with E-state index < -0.39 is 5.91 Å². The SMILES string of the molecule is NC(=O)c1cccc2c1c1ccc(CO)cc1n2Cc1ccncc1. The quantitative estimate of drug-likeness (QED) is 0.603. The van der Waals surface area contributed by atoms with E-state index in [0.29, 0.717) is 12.1 Å². The van der Waals surface area contributed by atoms with Crippen LogP contribution in [0.2, 0.25) is 0 Å². The zero-order valence-corrected chi connectivity index (χ0v) is 13.5. The van der Waals surface area contributed by atoms with E-state index in [4.69, 9.17) is 5.73 Å². The molecule has 2 heterocycles. The number of pyridine rings is 1. The van der Waals surface area contributed by atoms with E-state index in [-0.39, 0.29) is 6.61 Å². The van der Waals surface area contributed by atoms with E-state index >= 15 is 0 Å². The van der Waals surface area contributed by atoms with Gasteiger partial charge in [0.2, 0.25) is 5.91 Å². The first-order valence-electron chi connectivity index (χ1n) is 8.02. The van der Waals surface area contributed by atoms with Crippen molar-refractivity contribution in [3.63, 3.8) is 0 Å². The molecule has 4 rings (SSSR count). The maximum atomic E-state index is 11.9. The summed E-state index contributed by atoms with van der Waals surface area (Å²) in [6, 6.07) is 15.3. The minimum atomic E-state index is -0.445. The average Bonchev–Trinajstić information content (AvgIpc) is 2.95. The topological polar surface area (TPSA) is 81.1 Å². The Hall–Kier alpha value is -3.18. The van der Waals surface area contributed by atoms with Gasteiger partial charge in [0.05, 0.1) is 12.1 Å². The van der Waals surface area contributed by atoms with Gasteiger partial charge < -0.3 is 15.4 Å². The van der Waals surface area contributed by atoms with Crippen molar-refractivity contribution in [1.82, 2.24) is 9.55 Å². The van der Waals surface area contributed by atoms with Crippen LogP contribution in [-0.2, 0) is 13.2 Å². The maximum Gasteiger partial charge on any atom is 0.249 e. The third-order valence-electron chi connectivity index (χ3n) is 4.49. The Bertz CT molecular complexity index is 1080. The van der Waals surface area contributed by atoms with Gasteiger partial charge in [0.15, 0.2) is 0 Å². The lowest BCUT2D eigenvalue weighted by molar-refractivity contribution is 0.100. The van der Waals surface area contributed by atoms with Crippen LogP contribution in [0.25, 0.3) is 21.8 Å².